The van der Waals surface area contributed by atoms with Crippen LogP contribution in [0.1, 0.15) is 36.8 Å². The van der Waals surface area contributed by atoms with Crippen LogP contribution in [0.3, 0.4) is 0 Å². The molecule has 0 N–H and O–H groups in total. The average Bonchev–Trinajstić information content (AvgIpc) is 3.12. The van der Waals surface area contributed by atoms with Crippen LogP contribution in [0, 0.1) is 0 Å². The highest BCUT2D eigenvalue weighted by Gasteiger charge is 2.17. The van der Waals surface area contributed by atoms with E-state index < -0.39 is 0 Å². The number of esters is 1. The molecule has 0 unspecified atom stereocenters. The first kappa shape index (κ1) is 22.1. The normalized spacial score (nSPS) is 11.6. The fourth-order valence-corrected chi connectivity index (χ4v) is 4.12. The molecule has 0 bridgehead atoms. The van der Waals surface area contributed by atoms with Gasteiger partial charge in [-0.2, -0.15) is 0 Å². The van der Waals surface area contributed by atoms with Crippen molar-refractivity contribution in [3.63, 3.8) is 0 Å². The van der Waals surface area contributed by atoms with Crippen LogP contribution in [0.5, 0.6) is 0 Å². The van der Waals surface area contributed by atoms with Crippen molar-refractivity contribution in [2.45, 2.75) is 39.9 Å². The van der Waals surface area contributed by atoms with Crippen LogP contribution in [0.15, 0.2) is 65.8 Å². The van der Waals surface area contributed by atoms with E-state index in [1.54, 1.807) is 11.3 Å². The molecule has 0 aliphatic carbocycles. The highest BCUT2D eigenvalue weighted by Crippen LogP contribution is 2.34. The van der Waals surface area contributed by atoms with Crippen LogP contribution in [-0.4, -0.2) is 17.8 Å². The molecule has 0 aliphatic heterocycles. The van der Waals surface area contributed by atoms with Gasteiger partial charge in [0.05, 0.1) is 23.1 Å². The Morgan fingerprint density at radius 1 is 1.10 bits per heavy atom. The summed E-state index contributed by atoms with van der Waals surface area (Å²) < 4.78 is 5.34. The smallest absolute Gasteiger partial charge is 0.310 e. The molecule has 1 aromatic heterocycles. The number of carbonyl (C=O) groups excluding carboxylic acids is 1. The molecule has 2 aromatic carbocycles. The number of benzene rings is 2. The van der Waals surface area contributed by atoms with E-state index >= 15 is 0 Å². The number of hydrogen-bond acceptors (Lipinski definition) is 5. The second-order valence-corrected chi connectivity index (χ2v) is 8.61. The first-order chi connectivity index (χ1) is 14.4. The van der Waals surface area contributed by atoms with E-state index in [1.165, 1.54) is 0 Å². The third-order valence-corrected chi connectivity index (χ3v) is 5.84. The Kier molecular flexibility index (Phi) is 7.66. The van der Waals surface area contributed by atoms with Crippen LogP contribution in [0.4, 0.5) is 0 Å². The lowest BCUT2D eigenvalue weighted by molar-refractivity contribution is -0.146. The zero-order valence-electron chi connectivity index (χ0n) is 17.2. The van der Waals surface area contributed by atoms with Crippen molar-refractivity contribution in [2.24, 2.45) is 5.16 Å². The predicted molar refractivity (Wildman–Crippen MR) is 123 cm³/mol. The van der Waals surface area contributed by atoms with Gasteiger partial charge in [-0.15, -0.1) is 11.3 Å². The van der Waals surface area contributed by atoms with Crippen molar-refractivity contribution in [1.29, 1.82) is 0 Å². The van der Waals surface area contributed by atoms with Gasteiger partial charge in [0.15, 0.2) is 0 Å². The molecular weight excluding hydrogens is 418 g/mol. The number of halogens is 1. The van der Waals surface area contributed by atoms with Gasteiger partial charge in [-0.3, -0.25) is 4.79 Å². The number of rotatable bonds is 8. The van der Waals surface area contributed by atoms with E-state index in [9.17, 15) is 4.79 Å². The Labute approximate surface area is 186 Å². The summed E-state index contributed by atoms with van der Waals surface area (Å²) in [4.78, 5) is 19.7. The molecule has 6 heteroatoms. The molecule has 0 saturated carbocycles. The molecule has 0 radical (unpaired) electrons. The van der Waals surface area contributed by atoms with E-state index in [4.69, 9.17) is 21.2 Å². The minimum absolute atomic E-state index is 0.149. The molecule has 0 fully saturated rings. The molecule has 30 heavy (non-hydrogen) atoms. The molecule has 0 spiro atoms. The van der Waals surface area contributed by atoms with E-state index in [0.717, 1.165) is 32.2 Å². The zero-order chi connectivity index (χ0) is 21.5. The molecule has 1 heterocycles. The molecule has 3 aromatic rings. The predicted octanol–water partition coefficient (Wildman–Crippen LogP) is 6.50. The highest BCUT2D eigenvalue weighted by molar-refractivity contribution is 7.17. The van der Waals surface area contributed by atoms with E-state index in [2.05, 4.69) is 5.16 Å². The maximum absolute atomic E-state index is 12.3. The Morgan fingerprint density at radius 2 is 1.80 bits per heavy atom. The number of carbonyl (C=O) groups is 1. The van der Waals surface area contributed by atoms with Gasteiger partial charge in [-0.25, -0.2) is 0 Å². The van der Waals surface area contributed by atoms with Crippen LogP contribution < -0.4 is 0 Å². The van der Waals surface area contributed by atoms with Gasteiger partial charge in [0.2, 0.25) is 0 Å². The number of thiophene rings is 1. The average molecular weight is 442 g/mol. The summed E-state index contributed by atoms with van der Waals surface area (Å²) in [6.45, 7) is 6.00. The van der Waals surface area contributed by atoms with Crippen molar-refractivity contribution in [1.82, 2.24) is 0 Å². The Balaban J connectivity index is 1.83. The number of nitrogens with zero attached hydrogens (tertiary/aromatic N) is 1. The largest absolute Gasteiger partial charge is 0.463 e. The van der Waals surface area contributed by atoms with Crippen molar-refractivity contribution in [3.8, 4) is 10.4 Å². The summed E-state index contributed by atoms with van der Waals surface area (Å²) >= 11 is 7.61. The van der Waals surface area contributed by atoms with Crippen molar-refractivity contribution in [2.75, 3.05) is 0 Å². The summed E-state index contributed by atoms with van der Waals surface area (Å²) in [7, 11) is 0. The fraction of sp³-hybridized carbons (Fsp3) is 0.250. The van der Waals surface area contributed by atoms with Crippen LogP contribution in [0.25, 0.3) is 10.4 Å². The summed E-state index contributed by atoms with van der Waals surface area (Å²) in [6.07, 6.45) is 0.0504. The lowest BCUT2D eigenvalue weighted by atomic mass is 10.1. The molecule has 4 nitrogen and oxygen atoms in total. The van der Waals surface area contributed by atoms with E-state index in [0.29, 0.717) is 11.6 Å². The first-order valence-corrected chi connectivity index (χ1v) is 10.9. The maximum atomic E-state index is 12.3. The van der Waals surface area contributed by atoms with Crippen molar-refractivity contribution < 1.29 is 14.4 Å². The number of ether oxygens (including phenoxy) is 1. The molecule has 0 saturated heterocycles. The van der Waals surface area contributed by atoms with Gasteiger partial charge in [-0.1, -0.05) is 59.2 Å². The van der Waals surface area contributed by atoms with Crippen LogP contribution in [0.2, 0.25) is 5.02 Å². The van der Waals surface area contributed by atoms with Crippen molar-refractivity contribution in [3.05, 3.63) is 81.7 Å². The second-order valence-electron chi connectivity index (χ2n) is 7.12. The molecular formula is C24H24ClNO3S. The van der Waals surface area contributed by atoms with Crippen LogP contribution in [-0.2, 0) is 27.4 Å². The van der Waals surface area contributed by atoms with Gasteiger partial charge >= 0.3 is 5.97 Å². The van der Waals surface area contributed by atoms with E-state index in [-0.39, 0.29) is 18.5 Å². The van der Waals surface area contributed by atoms with Gasteiger partial charge in [0.25, 0.3) is 0 Å². The van der Waals surface area contributed by atoms with Crippen molar-refractivity contribution >= 4 is 34.6 Å². The number of hydrogen-bond donors (Lipinski definition) is 0. The Bertz CT molecular complexity index is 1010. The molecule has 156 valence electrons. The van der Waals surface area contributed by atoms with Gasteiger partial charge in [0, 0.05) is 9.90 Å². The quantitative estimate of drug-likeness (QED) is 0.227. The van der Waals surface area contributed by atoms with Crippen LogP contribution >= 0.6 is 22.9 Å². The monoisotopic (exact) mass is 441 g/mol. The summed E-state index contributed by atoms with van der Waals surface area (Å²) in [6, 6.07) is 19.5. The van der Waals surface area contributed by atoms with E-state index in [1.807, 2.05) is 81.4 Å². The molecule has 0 aliphatic rings. The zero-order valence-corrected chi connectivity index (χ0v) is 18.8. The summed E-state index contributed by atoms with van der Waals surface area (Å²) in [5.41, 5.74) is 3.72. The van der Waals surface area contributed by atoms with Gasteiger partial charge < -0.3 is 9.57 Å². The highest BCUT2D eigenvalue weighted by atomic mass is 35.5. The summed E-state index contributed by atoms with van der Waals surface area (Å²) in [5, 5.41) is 4.94. The molecule has 0 amide bonds. The fourth-order valence-electron chi connectivity index (χ4n) is 2.87. The second kappa shape index (κ2) is 10.4. The lowest BCUT2D eigenvalue weighted by Crippen LogP contribution is -2.13. The standard InChI is InChI=1S/C24H24ClNO3S/c1-16(2)29-23(27)14-20-13-22(30-24(20)19-9-11-21(25)12-10-19)17(3)26-28-15-18-7-5-4-6-8-18/h4-13,16H,14-15H2,1-3H3. The third kappa shape index (κ3) is 6.18. The Hall–Kier alpha value is -2.63. The Morgan fingerprint density at radius 3 is 2.47 bits per heavy atom. The summed E-state index contributed by atoms with van der Waals surface area (Å²) in [5.74, 6) is -0.250. The van der Waals surface area contributed by atoms with Gasteiger partial charge in [-0.05, 0) is 55.7 Å². The maximum Gasteiger partial charge on any atom is 0.310 e. The third-order valence-electron chi connectivity index (χ3n) is 4.25. The minimum atomic E-state index is -0.250. The topological polar surface area (TPSA) is 47.9 Å². The lowest BCUT2D eigenvalue weighted by Gasteiger charge is -2.08. The SMILES string of the molecule is CC(=NOCc1ccccc1)c1cc(CC(=O)OC(C)C)c(-c2ccc(Cl)cc2)s1. The van der Waals surface area contributed by atoms with Gasteiger partial charge in [0.1, 0.15) is 6.61 Å². The first-order valence-electron chi connectivity index (χ1n) is 9.71. The minimum Gasteiger partial charge on any atom is -0.463 e. The number of oxime groups is 1. The molecule has 0 atom stereocenters. The molecule has 3 rings (SSSR count).